The van der Waals surface area contributed by atoms with Crippen LogP contribution >= 0.6 is 22.7 Å². The second-order valence-corrected chi connectivity index (χ2v) is 24.4. The molecule has 8 nitrogen and oxygen atoms in total. The summed E-state index contributed by atoms with van der Waals surface area (Å²) in [6.07, 6.45) is 46.8. The lowest BCUT2D eigenvalue weighted by molar-refractivity contribution is -0.123. The van der Waals surface area contributed by atoms with E-state index in [-0.39, 0.29) is 23.0 Å². The maximum Gasteiger partial charge on any atom is 0.261 e. The van der Waals surface area contributed by atoms with Crippen molar-refractivity contribution in [1.29, 1.82) is 21.0 Å². The number of hydrogen-bond donors (Lipinski definition) is 0. The molecule has 10 heteroatoms. The average Bonchev–Trinajstić information content (AvgIpc) is 4.30. The third-order valence-corrected chi connectivity index (χ3v) is 18.4. The number of carbonyl (C=O) groups is 2. The first-order valence-electron chi connectivity index (χ1n) is 31.0. The Labute approximate surface area is 469 Å². The molecule has 4 rings (SSSR count). The summed E-state index contributed by atoms with van der Waals surface area (Å²) in [7, 11) is 0. The molecule has 0 saturated heterocycles. The highest BCUT2D eigenvalue weighted by Crippen LogP contribution is 2.44. The molecule has 0 aromatic carbocycles. The van der Waals surface area contributed by atoms with Gasteiger partial charge < -0.3 is 9.80 Å². The Morgan fingerprint density at radius 2 is 0.632 bits per heavy atom. The van der Waals surface area contributed by atoms with E-state index >= 15 is 9.59 Å². The van der Waals surface area contributed by atoms with Crippen LogP contribution in [0.3, 0.4) is 0 Å². The summed E-state index contributed by atoms with van der Waals surface area (Å²) < 4.78 is 2.44. The van der Waals surface area contributed by atoms with Gasteiger partial charge in [0.05, 0.1) is 40.7 Å². The summed E-state index contributed by atoms with van der Waals surface area (Å²) in [5.41, 5.74) is 1.99. The van der Waals surface area contributed by atoms with E-state index in [1.807, 2.05) is 21.9 Å². The van der Waals surface area contributed by atoms with E-state index < -0.39 is 0 Å². The van der Waals surface area contributed by atoms with Crippen molar-refractivity contribution >= 4 is 57.0 Å². The van der Waals surface area contributed by atoms with E-state index in [0.29, 0.717) is 65.6 Å². The number of hydrogen-bond acceptors (Lipinski definition) is 8. The molecule has 76 heavy (non-hydrogen) atoms. The fourth-order valence-corrected chi connectivity index (χ4v) is 13.6. The molecule has 0 saturated carbocycles. The summed E-state index contributed by atoms with van der Waals surface area (Å²) >= 11 is 2.60. The Morgan fingerprint density at radius 1 is 0.382 bits per heavy atom. The SMILES string of the molecule is CCCCCCCCCCC(CCCCCCCCCC)CCN1C(=O)C2=C(C(=O)N(CCC(CCCCCCCCCC)CCCCCCCCCC)/C2=c2\ccc(=C(C#N)C#N)s2)/C1=c1\ccc(=C(C#N)C#N)s1. The number of thiophene rings is 2. The van der Waals surface area contributed by atoms with Crippen molar-refractivity contribution in [2.75, 3.05) is 13.1 Å². The smallest absolute Gasteiger partial charge is 0.261 e. The number of nitriles is 4. The van der Waals surface area contributed by atoms with Crippen LogP contribution < -0.4 is 18.1 Å². The van der Waals surface area contributed by atoms with Crippen LogP contribution in [0.4, 0.5) is 0 Å². The summed E-state index contributed by atoms with van der Waals surface area (Å²) in [6.45, 7) is 10.0. The lowest BCUT2D eigenvalue weighted by Gasteiger charge is -2.28. The fraction of sp³-hybridized carbons (Fsp3) is 0.697. The van der Waals surface area contributed by atoms with Gasteiger partial charge >= 0.3 is 0 Å². The maximum absolute atomic E-state index is 15.5. The minimum atomic E-state index is -0.192. The van der Waals surface area contributed by atoms with Gasteiger partial charge in [-0.2, -0.15) is 21.0 Å². The van der Waals surface area contributed by atoms with Crippen LogP contribution in [0.25, 0.3) is 22.5 Å². The topological polar surface area (TPSA) is 136 Å². The van der Waals surface area contributed by atoms with Crippen molar-refractivity contribution in [2.24, 2.45) is 11.8 Å². The molecule has 2 aliphatic heterocycles. The Kier molecular flexibility index (Phi) is 32.8. The minimum Gasteiger partial charge on any atom is -0.306 e. The monoisotopic (exact) mass is 1070 g/mol. The van der Waals surface area contributed by atoms with Crippen LogP contribution in [0.15, 0.2) is 35.4 Å². The summed E-state index contributed by atoms with van der Waals surface area (Å²) in [5, 5.41) is 39.7. The van der Waals surface area contributed by atoms with Crippen molar-refractivity contribution in [3.05, 3.63) is 53.5 Å². The van der Waals surface area contributed by atoms with E-state index in [2.05, 4.69) is 52.0 Å². The highest BCUT2D eigenvalue weighted by atomic mass is 32.1. The summed E-state index contributed by atoms with van der Waals surface area (Å²) in [4.78, 5) is 34.8. The largest absolute Gasteiger partial charge is 0.306 e. The third-order valence-electron chi connectivity index (χ3n) is 16.2. The van der Waals surface area contributed by atoms with Gasteiger partial charge in [-0.25, -0.2) is 0 Å². The first kappa shape index (κ1) is 64.0. The zero-order chi connectivity index (χ0) is 54.6. The molecule has 4 heterocycles. The molecule has 0 radical (unpaired) electrons. The first-order chi connectivity index (χ1) is 37.3. The molecule has 0 bridgehead atoms. The van der Waals surface area contributed by atoms with Crippen LogP contribution in [-0.2, 0) is 9.59 Å². The highest BCUT2D eigenvalue weighted by Gasteiger charge is 2.49. The fourth-order valence-electron chi connectivity index (χ4n) is 11.6. The van der Waals surface area contributed by atoms with Crippen molar-refractivity contribution < 1.29 is 9.59 Å². The molecule has 0 spiro atoms. The van der Waals surface area contributed by atoms with Crippen molar-refractivity contribution in [3.8, 4) is 24.3 Å². The molecule has 0 N–H and O–H groups in total. The van der Waals surface area contributed by atoms with E-state index in [1.54, 1.807) is 12.1 Å². The van der Waals surface area contributed by atoms with Crippen LogP contribution in [-0.4, -0.2) is 34.7 Å². The molecule has 0 unspecified atom stereocenters. The second kappa shape index (κ2) is 39.0. The number of unbranched alkanes of at least 4 members (excludes halogenated alkanes) is 28. The number of rotatable bonds is 42. The Balaban J connectivity index is 1.71. The Morgan fingerprint density at radius 3 is 0.882 bits per heavy atom. The molecular formula is C66H98N6O2S2. The lowest BCUT2D eigenvalue weighted by Crippen LogP contribution is -2.38. The molecule has 416 valence electrons. The maximum atomic E-state index is 15.5. The standard InChI is InChI=1S/C66H98N6O2S2/c1-5-9-13-17-21-25-29-33-37-53(38-34-30-26-22-18-14-10-6-2)45-47-71-63(59-43-41-57(75-59)55(49-67)50-68)61-62(65(71)73)64(60-44-42-58(76-60)56(51-69)52-70)72(66(61)74)48-46-54(39-35-31-27-23-19-15-11-7-3)40-36-32-28-24-20-16-12-8-4/h41-44,53-54H,5-40,45-48H2,1-4H3/b63-59-,64-60+. The molecule has 2 aliphatic rings. The first-order valence-corrected chi connectivity index (χ1v) is 32.6. The van der Waals surface area contributed by atoms with Gasteiger partial charge in [0, 0.05) is 13.1 Å². The minimum absolute atomic E-state index is 0.0107. The molecule has 0 fully saturated rings. The number of carbonyl (C=O) groups excluding carboxylic acids is 2. The van der Waals surface area contributed by atoms with Gasteiger partial charge in [0.25, 0.3) is 11.8 Å². The Hall–Kier alpha value is -4.48. The van der Waals surface area contributed by atoms with Crippen LogP contribution in [0.2, 0.25) is 0 Å². The predicted molar refractivity (Wildman–Crippen MR) is 319 cm³/mol. The molecule has 0 atom stereocenters. The number of amides is 2. The molecule has 2 amide bonds. The normalized spacial score (nSPS) is 14.8. The molecular weight excluding hydrogens is 973 g/mol. The lowest BCUT2D eigenvalue weighted by atomic mass is 9.91. The zero-order valence-electron chi connectivity index (χ0n) is 48.1. The van der Waals surface area contributed by atoms with Gasteiger partial charge in [0.2, 0.25) is 0 Å². The van der Waals surface area contributed by atoms with Crippen LogP contribution in [0.5, 0.6) is 0 Å². The quantitative estimate of drug-likeness (QED) is 0.0608. The highest BCUT2D eigenvalue weighted by molar-refractivity contribution is 7.08. The van der Waals surface area contributed by atoms with Gasteiger partial charge in [-0.1, -0.05) is 259 Å². The molecule has 2 aromatic heterocycles. The van der Waals surface area contributed by atoms with Gasteiger partial charge in [0.15, 0.2) is 0 Å². The summed E-state index contributed by atoms with van der Waals surface area (Å²) in [5.74, 6) is 0.507. The second-order valence-electron chi connectivity index (χ2n) is 22.2. The Bertz CT molecular complexity index is 2260. The van der Waals surface area contributed by atoms with Gasteiger partial charge in [-0.05, 0) is 48.9 Å². The molecule has 0 aliphatic carbocycles. The number of nitrogens with zero attached hydrogens (tertiary/aromatic N) is 6. The predicted octanol–water partition coefficient (Wildman–Crippen LogP) is 16.2. The van der Waals surface area contributed by atoms with Gasteiger partial charge in [-0.15, -0.1) is 22.7 Å². The van der Waals surface area contributed by atoms with Crippen LogP contribution in [0.1, 0.15) is 272 Å². The molecule has 2 aromatic rings. The van der Waals surface area contributed by atoms with E-state index in [1.165, 1.54) is 228 Å². The third kappa shape index (κ3) is 21.4. The van der Waals surface area contributed by atoms with Gasteiger partial charge in [-0.3, -0.25) is 9.59 Å². The average molecular weight is 1070 g/mol. The van der Waals surface area contributed by atoms with Crippen molar-refractivity contribution in [1.82, 2.24) is 9.80 Å². The van der Waals surface area contributed by atoms with E-state index in [0.717, 1.165) is 38.5 Å². The van der Waals surface area contributed by atoms with Crippen LogP contribution in [0, 0.1) is 57.2 Å². The zero-order valence-corrected chi connectivity index (χ0v) is 49.7. The van der Waals surface area contributed by atoms with Gasteiger partial charge in [0.1, 0.15) is 35.4 Å². The van der Waals surface area contributed by atoms with E-state index in [9.17, 15) is 21.0 Å². The summed E-state index contributed by atoms with van der Waals surface area (Å²) in [6, 6.07) is 15.5. The van der Waals surface area contributed by atoms with E-state index in [4.69, 9.17) is 0 Å². The van der Waals surface area contributed by atoms with Crippen molar-refractivity contribution in [2.45, 2.75) is 272 Å². The van der Waals surface area contributed by atoms with Crippen molar-refractivity contribution in [3.63, 3.8) is 0 Å².